The molecular formula is C54H36N2SSi. The number of benzene rings is 9. The lowest BCUT2D eigenvalue weighted by Gasteiger charge is -2.35. The van der Waals surface area contributed by atoms with Gasteiger partial charge in [-0.2, -0.15) is 0 Å². The third-order valence-electron chi connectivity index (χ3n) is 12.3. The van der Waals surface area contributed by atoms with E-state index in [0.717, 1.165) is 5.69 Å². The molecule has 2 nitrogen and oxygen atoms in total. The second-order valence-electron chi connectivity index (χ2n) is 15.2. The first kappa shape index (κ1) is 33.2. The van der Waals surface area contributed by atoms with Crippen LogP contribution in [0.5, 0.6) is 0 Å². The maximum absolute atomic E-state index is 2.99. The fourth-order valence-corrected chi connectivity index (χ4v) is 15.9. The van der Waals surface area contributed by atoms with Gasteiger partial charge in [0.05, 0.1) is 22.1 Å². The molecule has 0 fully saturated rings. The summed E-state index contributed by atoms with van der Waals surface area (Å²) in [6.45, 7) is 0. The van der Waals surface area contributed by atoms with E-state index in [2.05, 4.69) is 228 Å². The van der Waals surface area contributed by atoms with Gasteiger partial charge >= 0.3 is 0 Å². The van der Waals surface area contributed by atoms with Crippen molar-refractivity contribution in [3.8, 4) is 11.4 Å². The predicted octanol–water partition coefficient (Wildman–Crippen LogP) is 11.6. The van der Waals surface area contributed by atoms with Gasteiger partial charge in [-0.25, -0.2) is 0 Å². The van der Waals surface area contributed by atoms with Crippen molar-refractivity contribution in [3.05, 3.63) is 218 Å². The smallest absolute Gasteiger partial charge is 0.181 e. The van der Waals surface area contributed by atoms with Crippen LogP contribution in [-0.2, 0) is 0 Å². The second kappa shape index (κ2) is 13.0. The summed E-state index contributed by atoms with van der Waals surface area (Å²) in [6, 6.07) is 81.5. The molecule has 0 atom stereocenters. The zero-order valence-corrected chi connectivity index (χ0v) is 33.4. The third kappa shape index (κ3) is 4.76. The van der Waals surface area contributed by atoms with Crippen molar-refractivity contribution in [1.29, 1.82) is 0 Å². The van der Waals surface area contributed by atoms with Crippen LogP contribution < -0.4 is 20.7 Å². The molecule has 12 rings (SSSR count). The van der Waals surface area contributed by atoms with Crippen molar-refractivity contribution in [3.63, 3.8) is 0 Å². The van der Waals surface area contributed by atoms with E-state index in [-0.39, 0.29) is 0 Å². The number of thiophene rings is 1. The molecule has 0 bridgehead atoms. The van der Waals surface area contributed by atoms with Crippen LogP contribution in [0.25, 0.3) is 75.2 Å². The number of rotatable bonds is 6. The highest BCUT2D eigenvalue weighted by Crippen LogP contribution is 2.40. The van der Waals surface area contributed by atoms with Crippen molar-refractivity contribution in [2.24, 2.45) is 0 Å². The molecule has 4 heteroatoms. The summed E-state index contributed by atoms with van der Waals surface area (Å²) in [5.41, 5.74) is 7.28. The summed E-state index contributed by atoms with van der Waals surface area (Å²) in [5, 5.41) is 13.2. The monoisotopic (exact) mass is 772 g/mol. The molecule has 9 aromatic carbocycles. The van der Waals surface area contributed by atoms with Crippen molar-refractivity contribution >= 4 is 104 Å². The maximum Gasteiger partial charge on any atom is 0.181 e. The van der Waals surface area contributed by atoms with Gasteiger partial charge in [-0.05, 0) is 75.3 Å². The molecule has 0 amide bonds. The predicted molar refractivity (Wildman–Crippen MR) is 252 cm³/mol. The Hall–Kier alpha value is -6.98. The first-order chi connectivity index (χ1) is 28.8. The molecule has 58 heavy (non-hydrogen) atoms. The maximum atomic E-state index is 2.51. The Morgan fingerprint density at radius 2 is 0.828 bits per heavy atom. The summed E-state index contributed by atoms with van der Waals surface area (Å²) in [4.78, 5) is 0. The third-order valence-corrected chi connectivity index (χ3v) is 18.2. The van der Waals surface area contributed by atoms with E-state index in [1.165, 1.54) is 90.2 Å². The van der Waals surface area contributed by atoms with Gasteiger partial charge < -0.3 is 9.13 Å². The molecule has 0 N–H and O–H groups in total. The van der Waals surface area contributed by atoms with Crippen LogP contribution in [0.1, 0.15) is 0 Å². The molecule has 0 radical (unpaired) electrons. The standard InChI is InChI=1S/C54H36N2SSi/c1-4-17-37(18-5-1)56-49-28-14-10-23-42(49)45-26-16-30-53(54(45)56)58(39-19-6-2-7-20-39,40-21-8-3-9-22-40)41-33-31-38(32-34-41)55-48-27-13-11-24-43(48)46-35-47-44-25-12-15-29-51(44)57-52(47)36-50(46)55/h1-36H. The van der Waals surface area contributed by atoms with Crippen LogP contribution in [0.15, 0.2) is 218 Å². The largest absolute Gasteiger partial charge is 0.309 e. The van der Waals surface area contributed by atoms with Crippen LogP contribution in [0.4, 0.5) is 0 Å². The number of aromatic nitrogens is 2. The lowest BCUT2D eigenvalue weighted by atomic mass is 10.1. The minimum atomic E-state index is -2.99. The topological polar surface area (TPSA) is 9.86 Å². The lowest BCUT2D eigenvalue weighted by Crippen LogP contribution is -2.75. The summed E-state index contributed by atoms with van der Waals surface area (Å²) in [6.07, 6.45) is 0. The van der Waals surface area contributed by atoms with Gasteiger partial charge in [0.1, 0.15) is 0 Å². The fourth-order valence-electron chi connectivity index (χ4n) is 9.84. The highest BCUT2D eigenvalue weighted by molar-refractivity contribution is 7.26. The zero-order valence-electron chi connectivity index (χ0n) is 31.6. The van der Waals surface area contributed by atoms with Crippen molar-refractivity contribution < 1.29 is 0 Å². The van der Waals surface area contributed by atoms with E-state index in [1.54, 1.807) is 0 Å². The van der Waals surface area contributed by atoms with E-state index in [0.29, 0.717) is 0 Å². The number of nitrogens with zero attached hydrogens (tertiary/aromatic N) is 2. The quantitative estimate of drug-likeness (QED) is 0.118. The molecule has 0 unspecified atom stereocenters. The van der Waals surface area contributed by atoms with Crippen molar-refractivity contribution in [2.45, 2.75) is 0 Å². The van der Waals surface area contributed by atoms with Gasteiger partial charge in [-0.3, -0.25) is 0 Å². The van der Waals surface area contributed by atoms with E-state index >= 15 is 0 Å². The Morgan fingerprint density at radius 3 is 1.52 bits per heavy atom. The van der Waals surface area contributed by atoms with Crippen molar-refractivity contribution in [1.82, 2.24) is 9.13 Å². The molecule has 272 valence electrons. The molecule has 0 aliphatic carbocycles. The fraction of sp³-hybridized carbons (Fsp3) is 0. The number of hydrogen-bond acceptors (Lipinski definition) is 1. The van der Waals surface area contributed by atoms with Crippen LogP contribution in [-0.4, -0.2) is 17.2 Å². The van der Waals surface area contributed by atoms with Gasteiger partial charge in [-0.15, -0.1) is 11.3 Å². The number of para-hydroxylation sites is 4. The van der Waals surface area contributed by atoms with Gasteiger partial charge in [-0.1, -0.05) is 164 Å². The normalized spacial score (nSPS) is 12.1. The van der Waals surface area contributed by atoms with E-state index < -0.39 is 8.07 Å². The summed E-state index contributed by atoms with van der Waals surface area (Å²) in [7, 11) is -2.99. The second-order valence-corrected chi connectivity index (χ2v) is 20.1. The molecule has 0 aliphatic heterocycles. The van der Waals surface area contributed by atoms with Crippen LogP contribution in [0.3, 0.4) is 0 Å². The van der Waals surface area contributed by atoms with Crippen molar-refractivity contribution in [2.75, 3.05) is 0 Å². The van der Waals surface area contributed by atoms with Gasteiger partial charge in [0, 0.05) is 53.1 Å². The first-order valence-electron chi connectivity index (χ1n) is 19.9. The highest BCUT2D eigenvalue weighted by atomic mass is 32.1. The van der Waals surface area contributed by atoms with Crippen LogP contribution >= 0.6 is 11.3 Å². The van der Waals surface area contributed by atoms with Crippen LogP contribution in [0, 0.1) is 0 Å². The van der Waals surface area contributed by atoms with E-state index in [1.807, 2.05) is 11.3 Å². The average molecular weight is 773 g/mol. The molecule has 3 aromatic heterocycles. The molecular weight excluding hydrogens is 737 g/mol. The van der Waals surface area contributed by atoms with Gasteiger partial charge in [0.2, 0.25) is 0 Å². The SMILES string of the molecule is c1ccc(-n2c3ccccc3c3cccc([Si](c4ccccc4)(c4ccccc4)c4ccc(-n5c6ccccc6c6cc7c(cc65)sc5ccccc57)cc4)c32)cc1. The highest BCUT2D eigenvalue weighted by Gasteiger charge is 2.43. The van der Waals surface area contributed by atoms with E-state index in [9.17, 15) is 0 Å². The Morgan fingerprint density at radius 1 is 0.310 bits per heavy atom. The van der Waals surface area contributed by atoms with Gasteiger partial charge in [0.25, 0.3) is 0 Å². The summed E-state index contributed by atoms with van der Waals surface area (Å²) in [5.74, 6) is 0. The molecule has 0 spiro atoms. The first-order valence-corrected chi connectivity index (χ1v) is 22.8. The average Bonchev–Trinajstić information content (AvgIpc) is 3.95. The number of hydrogen-bond donors (Lipinski definition) is 0. The minimum Gasteiger partial charge on any atom is -0.309 e. The Labute approximate surface area is 341 Å². The summed E-state index contributed by atoms with van der Waals surface area (Å²) < 4.78 is 7.63. The van der Waals surface area contributed by atoms with E-state index in [4.69, 9.17) is 0 Å². The Bertz CT molecular complexity index is 3450. The van der Waals surface area contributed by atoms with Crippen LogP contribution in [0.2, 0.25) is 0 Å². The number of fused-ring (bicyclic) bond motifs is 9. The molecule has 0 aliphatic rings. The molecule has 3 heterocycles. The Kier molecular flexibility index (Phi) is 7.46. The van der Waals surface area contributed by atoms with Gasteiger partial charge in [0.15, 0.2) is 8.07 Å². The lowest BCUT2D eigenvalue weighted by molar-refractivity contribution is 1.18. The zero-order chi connectivity index (χ0) is 38.2. The molecule has 0 saturated carbocycles. The molecule has 12 aromatic rings. The molecule has 0 saturated heterocycles. The summed E-state index contributed by atoms with van der Waals surface area (Å²) >= 11 is 1.88. The minimum absolute atomic E-state index is 1.16. The Balaban J connectivity index is 1.16.